The van der Waals surface area contributed by atoms with E-state index in [9.17, 15) is 13.2 Å². The van der Waals surface area contributed by atoms with Crippen molar-refractivity contribution in [2.24, 2.45) is 5.73 Å². The van der Waals surface area contributed by atoms with Gasteiger partial charge in [-0.3, -0.25) is 0 Å². The second kappa shape index (κ2) is 4.07. The maximum absolute atomic E-state index is 12.8. The highest BCUT2D eigenvalue weighted by molar-refractivity contribution is 5.41. The molecule has 88 valence electrons. The molecule has 2 nitrogen and oxygen atoms in total. The van der Waals surface area contributed by atoms with Crippen LogP contribution in [0.1, 0.15) is 22.7 Å². The first-order valence-electron chi connectivity index (χ1n) is 5.16. The highest BCUT2D eigenvalue weighted by Gasteiger charge is 2.36. The molecule has 1 aromatic carbocycles. The summed E-state index contributed by atoms with van der Waals surface area (Å²) in [6.45, 7) is 0.857. The molecule has 16 heavy (non-hydrogen) atoms. The zero-order chi connectivity index (χ0) is 11.8. The van der Waals surface area contributed by atoms with Crippen molar-refractivity contribution in [2.75, 3.05) is 13.1 Å². The molecular formula is C11H13F3N2. The minimum atomic E-state index is -4.31. The maximum atomic E-state index is 12.8. The topological polar surface area (TPSA) is 38.0 Å². The number of hydrogen-bond donors (Lipinski definition) is 2. The van der Waals surface area contributed by atoms with Crippen molar-refractivity contribution in [2.45, 2.75) is 18.6 Å². The molecular weight excluding hydrogens is 217 g/mol. The Morgan fingerprint density at radius 1 is 1.38 bits per heavy atom. The van der Waals surface area contributed by atoms with Gasteiger partial charge in [0.25, 0.3) is 0 Å². The molecule has 0 bridgehead atoms. The lowest BCUT2D eigenvalue weighted by molar-refractivity contribution is -0.138. The van der Waals surface area contributed by atoms with Crippen LogP contribution in [0.3, 0.4) is 0 Å². The fourth-order valence-corrected chi connectivity index (χ4v) is 2.17. The van der Waals surface area contributed by atoms with Crippen LogP contribution in [-0.2, 0) is 12.6 Å². The molecule has 1 aromatic rings. The van der Waals surface area contributed by atoms with Gasteiger partial charge in [0, 0.05) is 12.6 Å². The molecule has 1 aliphatic heterocycles. The summed E-state index contributed by atoms with van der Waals surface area (Å²) in [5.41, 5.74) is 6.01. The van der Waals surface area contributed by atoms with Gasteiger partial charge in [0.15, 0.2) is 0 Å². The van der Waals surface area contributed by atoms with Gasteiger partial charge in [-0.2, -0.15) is 13.2 Å². The van der Waals surface area contributed by atoms with E-state index in [4.69, 9.17) is 5.73 Å². The molecule has 0 saturated heterocycles. The Morgan fingerprint density at radius 2 is 2.12 bits per heavy atom. The Morgan fingerprint density at radius 3 is 2.75 bits per heavy atom. The Bertz CT molecular complexity index is 387. The summed E-state index contributed by atoms with van der Waals surface area (Å²) in [7, 11) is 0. The molecule has 1 heterocycles. The minimum absolute atomic E-state index is 0.181. The van der Waals surface area contributed by atoms with Crippen LogP contribution < -0.4 is 11.1 Å². The summed E-state index contributed by atoms with van der Waals surface area (Å²) in [5.74, 6) is 0. The van der Waals surface area contributed by atoms with E-state index < -0.39 is 11.7 Å². The lowest BCUT2D eigenvalue weighted by Gasteiger charge is -2.28. The van der Waals surface area contributed by atoms with E-state index >= 15 is 0 Å². The van der Waals surface area contributed by atoms with Gasteiger partial charge >= 0.3 is 6.18 Å². The molecule has 3 N–H and O–H groups in total. The molecule has 1 atom stereocenters. The standard InChI is InChI=1S/C11H13F3N2/c12-11(13,14)8-3-1-2-7-4-5-16-9(6-15)10(7)8/h1-3,9,16H,4-6,15H2. The van der Waals surface area contributed by atoms with Crippen LogP contribution in [0.15, 0.2) is 18.2 Å². The number of benzene rings is 1. The number of rotatable bonds is 1. The smallest absolute Gasteiger partial charge is 0.329 e. The van der Waals surface area contributed by atoms with E-state index in [0.29, 0.717) is 18.5 Å². The molecule has 1 aliphatic rings. The summed E-state index contributed by atoms with van der Waals surface area (Å²) in [6, 6.07) is 3.94. The van der Waals surface area contributed by atoms with Crippen LogP contribution in [0.2, 0.25) is 0 Å². The fourth-order valence-electron chi connectivity index (χ4n) is 2.17. The van der Waals surface area contributed by atoms with Gasteiger partial charge in [0.1, 0.15) is 0 Å². The first-order chi connectivity index (χ1) is 7.54. The summed E-state index contributed by atoms with van der Waals surface area (Å²) in [5, 5.41) is 3.01. The van der Waals surface area contributed by atoms with Crippen molar-refractivity contribution < 1.29 is 13.2 Å². The minimum Gasteiger partial charge on any atom is -0.329 e. The number of alkyl halides is 3. The molecule has 1 unspecified atom stereocenters. The number of nitrogens with two attached hydrogens (primary N) is 1. The van der Waals surface area contributed by atoms with E-state index in [0.717, 1.165) is 11.6 Å². The maximum Gasteiger partial charge on any atom is 0.416 e. The molecule has 0 saturated carbocycles. The van der Waals surface area contributed by atoms with Crippen molar-refractivity contribution in [1.82, 2.24) is 5.32 Å². The van der Waals surface area contributed by atoms with Crippen molar-refractivity contribution in [1.29, 1.82) is 0 Å². The fraction of sp³-hybridized carbons (Fsp3) is 0.455. The lowest BCUT2D eigenvalue weighted by Crippen LogP contribution is -2.36. The monoisotopic (exact) mass is 230 g/mol. The van der Waals surface area contributed by atoms with Crippen molar-refractivity contribution in [3.63, 3.8) is 0 Å². The first-order valence-corrected chi connectivity index (χ1v) is 5.16. The Balaban J connectivity index is 2.55. The molecule has 2 rings (SSSR count). The summed E-state index contributed by atoms with van der Waals surface area (Å²) in [4.78, 5) is 0. The Kier molecular flexibility index (Phi) is 2.90. The SMILES string of the molecule is NCC1NCCc2cccc(C(F)(F)F)c21. The highest BCUT2D eigenvalue weighted by Crippen LogP contribution is 2.37. The third-order valence-electron chi connectivity index (χ3n) is 2.87. The van der Waals surface area contributed by atoms with Gasteiger partial charge < -0.3 is 11.1 Å². The van der Waals surface area contributed by atoms with Crippen LogP contribution in [0.25, 0.3) is 0 Å². The van der Waals surface area contributed by atoms with E-state index in [1.165, 1.54) is 6.07 Å². The van der Waals surface area contributed by atoms with Crippen LogP contribution in [0, 0.1) is 0 Å². The van der Waals surface area contributed by atoms with Gasteiger partial charge in [0.05, 0.1) is 5.56 Å². The first kappa shape index (κ1) is 11.4. The van der Waals surface area contributed by atoms with Gasteiger partial charge in [-0.15, -0.1) is 0 Å². The second-order valence-corrected chi connectivity index (χ2v) is 3.87. The van der Waals surface area contributed by atoms with Gasteiger partial charge in [-0.05, 0) is 30.2 Å². The second-order valence-electron chi connectivity index (χ2n) is 3.87. The predicted octanol–water partition coefficient (Wildman–Crippen LogP) is 1.85. The average molecular weight is 230 g/mol. The van der Waals surface area contributed by atoms with Crippen molar-refractivity contribution >= 4 is 0 Å². The van der Waals surface area contributed by atoms with Crippen LogP contribution >= 0.6 is 0 Å². The number of nitrogens with one attached hydrogen (secondary N) is 1. The van der Waals surface area contributed by atoms with Crippen LogP contribution in [-0.4, -0.2) is 13.1 Å². The molecule has 0 spiro atoms. The van der Waals surface area contributed by atoms with Crippen LogP contribution in [0.5, 0.6) is 0 Å². The summed E-state index contributed by atoms with van der Waals surface area (Å²) >= 11 is 0. The number of hydrogen-bond acceptors (Lipinski definition) is 2. The third kappa shape index (κ3) is 1.92. The molecule has 0 fully saturated rings. The molecule has 0 amide bonds. The lowest BCUT2D eigenvalue weighted by atomic mass is 9.89. The summed E-state index contributed by atoms with van der Waals surface area (Å²) in [6.07, 6.45) is -3.69. The van der Waals surface area contributed by atoms with E-state index in [-0.39, 0.29) is 12.6 Å². The zero-order valence-corrected chi connectivity index (χ0v) is 8.64. The Labute approximate surface area is 91.6 Å². The zero-order valence-electron chi connectivity index (χ0n) is 8.64. The largest absolute Gasteiger partial charge is 0.416 e. The van der Waals surface area contributed by atoms with E-state index in [1.807, 2.05) is 0 Å². The molecule has 5 heteroatoms. The normalized spacial score (nSPS) is 20.6. The predicted molar refractivity (Wildman–Crippen MR) is 54.9 cm³/mol. The van der Waals surface area contributed by atoms with Crippen LogP contribution in [0.4, 0.5) is 13.2 Å². The quantitative estimate of drug-likeness (QED) is 0.772. The Hall–Kier alpha value is -1.07. The van der Waals surface area contributed by atoms with Crippen molar-refractivity contribution in [3.05, 3.63) is 34.9 Å². The van der Waals surface area contributed by atoms with Gasteiger partial charge in [-0.25, -0.2) is 0 Å². The summed E-state index contributed by atoms with van der Waals surface area (Å²) < 4.78 is 38.5. The average Bonchev–Trinajstić information content (AvgIpc) is 2.26. The van der Waals surface area contributed by atoms with Gasteiger partial charge in [0.2, 0.25) is 0 Å². The molecule has 0 aromatic heterocycles. The number of halogens is 3. The molecule has 0 aliphatic carbocycles. The van der Waals surface area contributed by atoms with E-state index in [1.54, 1.807) is 6.07 Å². The van der Waals surface area contributed by atoms with Crippen molar-refractivity contribution in [3.8, 4) is 0 Å². The highest BCUT2D eigenvalue weighted by atomic mass is 19.4. The third-order valence-corrected chi connectivity index (χ3v) is 2.87. The molecule has 0 radical (unpaired) electrons. The van der Waals surface area contributed by atoms with E-state index in [2.05, 4.69) is 5.32 Å². The number of fused-ring (bicyclic) bond motifs is 1. The van der Waals surface area contributed by atoms with Gasteiger partial charge in [-0.1, -0.05) is 12.1 Å².